The minimum atomic E-state index is -0.554. The lowest BCUT2D eigenvalue weighted by Crippen LogP contribution is -2.61. The molecule has 5 nitrogen and oxygen atoms in total. The minimum Gasteiger partial charge on any atom is -0.444 e. The second-order valence-corrected chi connectivity index (χ2v) is 6.97. The van der Waals surface area contributed by atoms with Gasteiger partial charge < -0.3 is 20.1 Å². The van der Waals surface area contributed by atoms with E-state index in [0.717, 1.165) is 25.8 Å². The molecule has 0 aromatic carbocycles. The maximum Gasteiger partial charge on any atom is 0.410 e. The molecule has 1 atom stereocenters. The van der Waals surface area contributed by atoms with Gasteiger partial charge in [0.05, 0.1) is 5.60 Å². The predicted octanol–water partition coefficient (Wildman–Crippen LogP) is 1.36. The van der Waals surface area contributed by atoms with Crippen molar-refractivity contribution in [3.05, 3.63) is 0 Å². The molecular formula is C14H26N2O3. The van der Waals surface area contributed by atoms with Crippen molar-refractivity contribution in [1.29, 1.82) is 0 Å². The van der Waals surface area contributed by atoms with Crippen molar-refractivity contribution in [1.82, 2.24) is 10.2 Å². The average molecular weight is 270 g/mol. The minimum absolute atomic E-state index is 0.226. The van der Waals surface area contributed by atoms with Crippen molar-refractivity contribution in [2.45, 2.75) is 51.2 Å². The zero-order valence-corrected chi connectivity index (χ0v) is 12.2. The van der Waals surface area contributed by atoms with E-state index in [4.69, 9.17) is 4.74 Å². The first kappa shape index (κ1) is 14.6. The monoisotopic (exact) mass is 270 g/mol. The molecule has 2 rings (SSSR count). The van der Waals surface area contributed by atoms with Crippen LogP contribution in [-0.2, 0) is 4.74 Å². The Balaban J connectivity index is 1.84. The summed E-state index contributed by atoms with van der Waals surface area (Å²) in [6.45, 7) is 8.48. The average Bonchev–Trinajstić information content (AvgIpc) is 2.25. The SMILES string of the molecule is CC(C)(C)OC(=O)N1CCCC(CC2(O)CNC2)C1. The molecule has 2 aliphatic rings. The summed E-state index contributed by atoms with van der Waals surface area (Å²) in [6.07, 6.45) is 2.63. The number of ether oxygens (including phenoxy) is 1. The first-order valence-electron chi connectivity index (χ1n) is 7.18. The highest BCUT2D eigenvalue weighted by Crippen LogP contribution is 2.28. The quantitative estimate of drug-likeness (QED) is 0.795. The molecule has 0 aromatic rings. The molecule has 110 valence electrons. The molecule has 2 aliphatic heterocycles. The summed E-state index contributed by atoms with van der Waals surface area (Å²) in [7, 11) is 0. The van der Waals surface area contributed by atoms with Gasteiger partial charge >= 0.3 is 6.09 Å². The van der Waals surface area contributed by atoms with Crippen molar-refractivity contribution < 1.29 is 14.6 Å². The number of piperidine rings is 1. The molecule has 0 spiro atoms. The molecule has 2 heterocycles. The maximum absolute atomic E-state index is 12.0. The Morgan fingerprint density at radius 1 is 1.47 bits per heavy atom. The van der Waals surface area contributed by atoms with E-state index in [0.29, 0.717) is 25.6 Å². The highest BCUT2D eigenvalue weighted by molar-refractivity contribution is 5.68. The second-order valence-electron chi connectivity index (χ2n) is 6.97. The number of aliphatic hydroxyl groups is 1. The van der Waals surface area contributed by atoms with Crippen molar-refractivity contribution >= 4 is 6.09 Å². The molecule has 1 amide bonds. The topological polar surface area (TPSA) is 61.8 Å². The summed E-state index contributed by atoms with van der Waals surface area (Å²) < 4.78 is 5.41. The van der Waals surface area contributed by atoms with Gasteiger partial charge in [-0.05, 0) is 46.0 Å². The van der Waals surface area contributed by atoms with Gasteiger partial charge in [0.25, 0.3) is 0 Å². The predicted molar refractivity (Wildman–Crippen MR) is 73.0 cm³/mol. The number of nitrogens with one attached hydrogen (secondary N) is 1. The Morgan fingerprint density at radius 2 is 2.16 bits per heavy atom. The molecule has 1 unspecified atom stereocenters. The van der Waals surface area contributed by atoms with Gasteiger partial charge in [0.15, 0.2) is 0 Å². The number of likely N-dealkylation sites (tertiary alicyclic amines) is 1. The largest absolute Gasteiger partial charge is 0.444 e. The van der Waals surface area contributed by atoms with Crippen LogP contribution in [0.4, 0.5) is 4.79 Å². The number of carbonyl (C=O) groups is 1. The van der Waals surface area contributed by atoms with Crippen LogP contribution in [-0.4, -0.2) is 53.5 Å². The van der Waals surface area contributed by atoms with Gasteiger partial charge in [-0.25, -0.2) is 4.79 Å². The number of rotatable bonds is 2. The number of carbonyl (C=O) groups excluding carboxylic acids is 1. The summed E-state index contributed by atoms with van der Waals surface area (Å²) in [6, 6.07) is 0. The molecule has 0 saturated carbocycles. The third-order valence-corrected chi connectivity index (χ3v) is 3.75. The zero-order valence-electron chi connectivity index (χ0n) is 12.2. The highest BCUT2D eigenvalue weighted by atomic mass is 16.6. The van der Waals surface area contributed by atoms with Crippen molar-refractivity contribution in [3.8, 4) is 0 Å². The normalized spacial score (nSPS) is 26.7. The molecule has 0 aromatic heterocycles. The van der Waals surface area contributed by atoms with Crippen LogP contribution in [0, 0.1) is 5.92 Å². The van der Waals surface area contributed by atoms with Crippen LogP contribution in [0.5, 0.6) is 0 Å². The molecular weight excluding hydrogens is 244 g/mol. The summed E-state index contributed by atoms with van der Waals surface area (Å²) in [5.41, 5.74) is -0.998. The van der Waals surface area contributed by atoms with Crippen LogP contribution in [0.2, 0.25) is 0 Å². The smallest absolute Gasteiger partial charge is 0.410 e. The Kier molecular flexibility index (Phi) is 4.06. The maximum atomic E-state index is 12.0. The fraction of sp³-hybridized carbons (Fsp3) is 0.929. The third kappa shape index (κ3) is 4.08. The van der Waals surface area contributed by atoms with Crippen LogP contribution in [0.25, 0.3) is 0 Å². The van der Waals surface area contributed by atoms with Crippen LogP contribution in [0.3, 0.4) is 0 Å². The number of β-amino-alcohol motifs (C(OH)–C–C–N with tert-alkyl or cyclic N) is 1. The van der Waals surface area contributed by atoms with Gasteiger partial charge in [0, 0.05) is 26.2 Å². The molecule has 0 radical (unpaired) electrons. The van der Waals surface area contributed by atoms with E-state index < -0.39 is 11.2 Å². The number of amides is 1. The standard InChI is InChI=1S/C14H26N2O3/c1-13(2,3)19-12(17)16-6-4-5-11(8-16)7-14(18)9-15-10-14/h11,15,18H,4-10H2,1-3H3. The summed E-state index contributed by atoms with van der Waals surface area (Å²) in [5, 5.41) is 13.3. The molecule has 2 saturated heterocycles. The Hall–Kier alpha value is -0.810. The molecule has 2 N–H and O–H groups in total. The Morgan fingerprint density at radius 3 is 2.68 bits per heavy atom. The van der Waals surface area contributed by atoms with Gasteiger partial charge in [-0.15, -0.1) is 0 Å². The fourth-order valence-electron chi connectivity index (χ4n) is 2.82. The highest BCUT2D eigenvalue weighted by Gasteiger charge is 2.38. The van der Waals surface area contributed by atoms with Gasteiger partial charge in [-0.2, -0.15) is 0 Å². The van der Waals surface area contributed by atoms with E-state index in [-0.39, 0.29) is 6.09 Å². The van der Waals surface area contributed by atoms with Crippen molar-refractivity contribution in [3.63, 3.8) is 0 Å². The fourth-order valence-corrected chi connectivity index (χ4v) is 2.82. The van der Waals surface area contributed by atoms with E-state index in [2.05, 4.69) is 5.32 Å². The van der Waals surface area contributed by atoms with Crippen LogP contribution >= 0.6 is 0 Å². The second kappa shape index (κ2) is 5.29. The van der Waals surface area contributed by atoms with E-state index in [1.165, 1.54) is 0 Å². The number of nitrogens with zero attached hydrogens (tertiary/aromatic N) is 1. The lowest BCUT2D eigenvalue weighted by Gasteiger charge is -2.42. The zero-order chi connectivity index (χ0) is 14.1. The number of hydrogen-bond acceptors (Lipinski definition) is 4. The van der Waals surface area contributed by atoms with Crippen LogP contribution in [0.1, 0.15) is 40.0 Å². The molecule has 0 bridgehead atoms. The van der Waals surface area contributed by atoms with E-state index in [1.54, 1.807) is 4.90 Å². The van der Waals surface area contributed by atoms with Crippen LogP contribution < -0.4 is 5.32 Å². The van der Waals surface area contributed by atoms with E-state index >= 15 is 0 Å². The summed E-state index contributed by atoms with van der Waals surface area (Å²) in [5.74, 6) is 0.383. The van der Waals surface area contributed by atoms with E-state index in [9.17, 15) is 9.90 Å². The van der Waals surface area contributed by atoms with Gasteiger partial charge in [0.1, 0.15) is 5.60 Å². The molecule has 19 heavy (non-hydrogen) atoms. The molecule has 5 heteroatoms. The van der Waals surface area contributed by atoms with Crippen molar-refractivity contribution in [2.24, 2.45) is 5.92 Å². The summed E-state index contributed by atoms with van der Waals surface area (Å²) >= 11 is 0. The lowest BCUT2D eigenvalue weighted by molar-refractivity contribution is -0.0414. The van der Waals surface area contributed by atoms with Crippen LogP contribution in [0.15, 0.2) is 0 Å². The van der Waals surface area contributed by atoms with Gasteiger partial charge in [-0.1, -0.05) is 0 Å². The molecule has 2 fully saturated rings. The van der Waals surface area contributed by atoms with Gasteiger partial charge in [0.2, 0.25) is 0 Å². The molecule has 0 aliphatic carbocycles. The first-order valence-corrected chi connectivity index (χ1v) is 7.18. The van der Waals surface area contributed by atoms with Crippen molar-refractivity contribution in [2.75, 3.05) is 26.2 Å². The van der Waals surface area contributed by atoms with Gasteiger partial charge in [-0.3, -0.25) is 0 Å². The Labute approximate surface area is 115 Å². The number of hydrogen-bond donors (Lipinski definition) is 2. The summed E-state index contributed by atoms with van der Waals surface area (Å²) in [4.78, 5) is 13.8. The lowest BCUT2D eigenvalue weighted by atomic mass is 9.82. The third-order valence-electron chi connectivity index (χ3n) is 3.75. The van der Waals surface area contributed by atoms with E-state index in [1.807, 2.05) is 20.8 Å². The first-order chi connectivity index (χ1) is 8.77. The Bertz CT molecular complexity index is 334.